The first-order chi connectivity index (χ1) is 17.6. The first-order valence-electron chi connectivity index (χ1n) is 12.5. The molecular formula is C28H31N7O. The molecule has 4 heterocycles. The molecule has 0 radical (unpaired) electrons. The first-order valence-corrected chi connectivity index (χ1v) is 12.5. The summed E-state index contributed by atoms with van der Waals surface area (Å²) in [6.07, 6.45) is 8.54. The van der Waals surface area contributed by atoms with Gasteiger partial charge in [-0.1, -0.05) is 25.1 Å². The van der Waals surface area contributed by atoms with Crippen molar-refractivity contribution >= 4 is 28.4 Å². The van der Waals surface area contributed by atoms with E-state index in [1.165, 1.54) is 12.8 Å². The second kappa shape index (κ2) is 10.7. The van der Waals surface area contributed by atoms with Crippen molar-refractivity contribution < 1.29 is 4.79 Å². The van der Waals surface area contributed by atoms with Crippen molar-refractivity contribution in [2.75, 3.05) is 36.9 Å². The van der Waals surface area contributed by atoms with E-state index >= 15 is 0 Å². The van der Waals surface area contributed by atoms with E-state index in [1.54, 1.807) is 25.6 Å². The van der Waals surface area contributed by atoms with Crippen molar-refractivity contribution in [3.8, 4) is 11.3 Å². The van der Waals surface area contributed by atoms with E-state index in [0.29, 0.717) is 5.56 Å². The number of benzene rings is 1. The molecular weight excluding hydrogens is 450 g/mol. The van der Waals surface area contributed by atoms with Gasteiger partial charge in [0.15, 0.2) is 0 Å². The maximum atomic E-state index is 12.3. The molecule has 1 fully saturated rings. The number of amides is 1. The molecule has 8 heteroatoms. The van der Waals surface area contributed by atoms with Crippen LogP contribution in [0.15, 0.2) is 61.2 Å². The van der Waals surface area contributed by atoms with Gasteiger partial charge in [0.05, 0.1) is 16.8 Å². The van der Waals surface area contributed by atoms with Crippen LogP contribution in [0.5, 0.6) is 0 Å². The number of carbonyl (C=O) groups is 1. The summed E-state index contributed by atoms with van der Waals surface area (Å²) >= 11 is 0. The molecule has 0 saturated carbocycles. The van der Waals surface area contributed by atoms with Gasteiger partial charge in [-0.25, -0.2) is 15.0 Å². The second-order valence-corrected chi connectivity index (χ2v) is 9.19. The molecule has 184 valence electrons. The molecule has 1 aliphatic heterocycles. The van der Waals surface area contributed by atoms with Crippen LogP contribution in [0.2, 0.25) is 0 Å². The van der Waals surface area contributed by atoms with E-state index in [2.05, 4.69) is 60.6 Å². The van der Waals surface area contributed by atoms with Gasteiger partial charge in [-0.2, -0.15) is 0 Å². The van der Waals surface area contributed by atoms with E-state index in [4.69, 9.17) is 0 Å². The molecule has 1 saturated heterocycles. The number of carbonyl (C=O) groups excluding carboxylic acids is 1. The summed E-state index contributed by atoms with van der Waals surface area (Å²) in [7, 11) is 1.64. The third kappa shape index (κ3) is 4.98. The maximum absolute atomic E-state index is 12.3. The monoisotopic (exact) mass is 481 g/mol. The Labute approximate surface area is 211 Å². The zero-order valence-corrected chi connectivity index (χ0v) is 20.7. The molecule has 3 aromatic heterocycles. The first kappa shape index (κ1) is 23.7. The molecule has 36 heavy (non-hydrogen) atoms. The number of rotatable bonds is 8. The van der Waals surface area contributed by atoms with Crippen LogP contribution < -0.4 is 15.5 Å². The molecule has 2 N–H and O–H groups in total. The molecule has 1 atom stereocenters. The average Bonchev–Trinajstić information content (AvgIpc) is 3.47. The van der Waals surface area contributed by atoms with Gasteiger partial charge in [0.25, 0.3) is 5.91 Å². The van der Waals surface area contributed by atoms with E-state index in [0.717, 1.165) is 65.4 Å². The molecule has 4 aromatic rings. The summed E-state index contributed by atoms with van der Waals surface area (Å²) < 4.78 is 0. The molecule has 1 unspecified atom stereocenters. The number of hydrogen-bond acceptors (Lipinski definition) is 7. The van der Waals surface area contributed by atoms with Gasteiger partial charge in [-0.05, 0) is 48.9 Å². The quantitative estimate of drug-likeness (QED) is 0.378. The fourth-order valence-electron chi connectivity index (χ4n) is 4.78. The SMILES string of the molecule is CNC(=O)c1ccnc2c(C(C)CCNc3cc(-c4ccc(N5CCCC5)nc4)ncn3)cccc12. The third-order valence-corrected chi connectivity index (χ3v) is 6.83. The van der Waals surface area contributed by atoms with Gasteiger partial charge < -0.3 is 15.5 Å². The van der Waals surface area contributed by atoms with Crippen molar-refractivity contribution in [2.24, 2.45) is 0 Å². The minimum atomic E-state index is -0.102. The topological polar surface area (TPSA) is 95.9 Å². The molecule has 1 aliphatic rings. The second-order valence-electron chi connectivity index (χ2n) is 9.19. The predicted molar refractivity (Wildman–Crippen MR) is 143 cm³/mol. The number of nitrogens with zero attached hydrogens (tertiary/aromatic N) is 5. The Bertz CT molecular complexity index is 1350. The summed E-state index contributed by atoms with van der Waals surface area (Å²) in [5.41, 5.74) is 4.48. The molecule has 5 rings (SSSR count). The Morgan fingerprint density at radius 1 is 1.06 bits per heavy atom. The van der Waals surface area contributed by atoms with E-state index in [9.17, 15) is 4.79 Å². The van der Waals surface area contributed by atoms with Crippen molar-refractivity contribution in [3.05, 3.63) is 72.3 Å². The van der Waals surface area contributed by atoms with Crippen LogP contribution in [0.1, 0.15) is 48.0 Å². The Balaban J connectivity index is 1.24. The van der Waals surface area contributed by atoms with Gasteiger partial charge in [0.2, 0.25) is 0 Å². The highest BCUT2D eigenvalue weighted by Gasteiger charge is 2.16. The van der Waals surface area contributed by atoms with Crippen LogP contribution in [-0.2, 0) is 0 Å². The van der Waals surface area contributed by atoms with Gasteiger partial charge in [-0.15, -0.1) is 0 Å². The zero-order valence-electron chi connectivity index (χ0n) is 20.7. The van der Waals surface area contributed by atoms with Crippen LogP contribution in [0.3, 0.4) is 0 Å². The Hall–Kier alpha value is -4.07. The number of nitrogens with one attached hydrogen (secondary N) is 2. The van der Waals surface area contributed by atoms with Gasteiger partial charge in [-0.3, -0.25) is 9.78 Å². The van der Waals surface area contributed by atoms with Gasteiger partial charge in [0.1, 0.15) is 18.0 Å². The minimum absolute atomic E-state index is 0.102. The average molecular weight is 482 g/mol. The lowest BCUT2D eigenvalue weighted by molar-refractivity contribution is 0.0964. The number of hydrogen-bond donors (Lipinski definition) is 2. The number of fused-ring (bicyclic) bond motifs is 1. The van der Waals surface area contributed by atoms with E-state index in [1.807, 2.05) is 24.4 Å². The molecule has 0 spiro atoms. The lowest BCUT2D eigenvalue weighted by atomic mass is 9.94. The predicted octanol–water partition coefficient (Wildman–Crippen LogP) is 4.65. The van der Waals surface area contributed by atoms with Gasteiger partial charge >= 0.3 is 0 Å². The van der Waals surface area contributed by atoms with E-state index in [-0.39, 0.29) is 11.8 Å². The number of pyridine rings is 2. The summed E-state index contributed by atoms with van der Waals surface area (Å²) in [5.74, 6) is 1.96. The smallest absolute Gasteiger partial charge is 0.251 e. The summed E-state index contributed by atoms with van der Waals surface area (Å²) in [6, 6.07) is 13.9. The zero-order chi connectivity index (χ0) is 24.9. The third-order valence-electron chi connectivity index (χ3n) is 6.83. The maximum Gasteiger partial charge on any atom is 0.251 e. The van der Waals surface area contributed by atoms with E-state index < -0.39 is 0 Å². The number of para-hydroxylation sites is 1. The van der Waals surface area contributed by atoms with Crippen LogP contribution >= 0.6 is 0 Å². The van der Waals surface area contributed by atoms with Crippen molar-refractivity contribution in [1.29, 1.82) is 0 Å². The van der Waals surface area contributed by atoms with Crippen molar-refractivity contribution in [3.63, 3.8) is 0 Å². The molecule has 1 aromatic carbocycles. The molecule has 1 amide bonds. The van der Waals surface area contributed by atoms with Crippen LogP contribution in [0.25, 0.3) is 22.2 Å². The lowest BCUT2D eigenvalue weighted by Crippen LogP contribution is -2.18. The normalized spacial score (nSPS) is 14.1. The fraction of sp³-hybridized carbons (Fsp3) is 0.321. The highest BCUT2D eigenvalue weighted by atomic mass is 16.1. The van der Waals surface area contributed by atoms with Gasteiger partial charge in [0, 0.05) is 56.1 Å². The van der Waals surface area contributed by atoms with Crippen LogP contribution in [0.4, 0.5) is 11.6 Å². The molecule has 0 aliphatic carbocycles. The van der Waals surface area contributed by atoms with Crippen molar-refractivity contribution in [1.82, 2.24) is 25.3 Å². The Morgan fingerprint density at radius 2 is 1.92 bits per heavy atom. The largest absolute Gasteiger partial charge is 0.370 e. The standard InChI is InChI=1S/C28H31N7O/c1-19(21-6-5-7-22-23(28(36)29-2)11-13-31-27(21)22)10-12-30-25-16-24(33-18-34-25)20-8-9-26(32-17-20)35-14-3-4-15-35/h5-9,11,13,16-19H,3-4,10,12,14-15H2,1-2H3,(H,29,36)(H,30,33,34). The molecule has 0 bridgehead atoms. The fourth-order valence-corrected chi connectivity index (χ4v) is 4.78. The summed E-state index contributed by atoms with van der Waals surface area (Å²) in [6.45, 7) is 5.09. The number of aromatic nitrogens is 4. The summed E-state index contributed by atoms with van der Waals surface area (Å²) in [5, 5.41) is 7.02. The van der Waals surface area contributed by atoms with Crippen molar-refractivity contribution in [2.45, 2.75) is 32.1 Å². The highest BCUT2D eigenvalue weighted by molar-refractivity contribution is 6.06. The summed E-state index contributed by atoms with van der Waals surface area (Å²) in [4.78, 5) is 32.7. The van der Waals surface area contributed by atoms with Crippen LogP contribution in [0, 0.1) is 0 Å². The lowest BCUT2D eigenvalue weighted by Gasteiger charge is -2.16. The molecule has 8 nitrogen and oxygen atoms in total. The number of anilines is 2. The van der Waals surface area contributed by atoms with Crippen LogP contribution in [-0.4, -0.2) is 52.5 Å². The Kier molecular flexibility index (Phi) is 7.02. The minimum Gasteiger partial charge on any atom is -0.370 e. The highest BCUT2D eigenvalue weighted by Crippen LogP contribution is 2.28. The Morgan fingerprint density at radius 3 is 2.69 bits per heavy atom.